The minimum absolute atomic E-state index is 0.0328. The molecule has 3 aromatic carbocycles. The molecular formula is C56H73N15O9. The van der Waals surface area contributed by atoms with E-state index in [1.165, 1.54) is 19.4 Å². The van der Waals surface area contributed by atoms with Crippen LogP contribution in [0.3, 0.4) is 0 Å². The summed E-state index contributed by atoms with van der Waals surface area (Å²) in [6, 6.07) is 14.4. The van der Waals surface area contributed by atoms with Crippen molar-refractivity contribution < 1.29 is 43.2 Å². The highest BCUT2D eigenvalue weighted by atomic mass is 16.2. The largest absolute Gasteiger partial charge is 0.370 e. The SMILES string of the molecule is CCCC[C@H](NC(C)=O)C(=O)NC1CC(=O)NCCCC[C@@H](C(N)=O)NC(=O)[C@H](Cc2c[nH]c3ccccc23)NC(=O)[C@H](CCCN=C(N)N)NC(=O)[C@H](Cc2ccccc2-c2ccccc2)NC(=O)C(Cc2cnc[nH]2)NC1=O. The Bertz CT molecular complexity index is 2960. The van der Waals surface area contributed by atoms with E-state index in [-0.39, 0.29) is 76.8 Å². The number of unbranched alkanes of at least 4 members (excludes halogenated alkanes) is 1. The van der Waals surface area contributed by atoms with E-state index >= 15 is 4.79 Å². The number of carbonyl (C=O) groups excluding carboxylic acids is 9. The van der Waals surface area contributed by atoms with Crippen molar-refractivity contribution in [2.75, 3.05) is 13.1 Å². The van der Waals surface area contributed by atoms with Gasteiger partial charge in [-0.25, -0.2) is 4.98 Å². The number of hydrogen-bond acceptors (Lipinski definition) is 11. The van der Waals surface area contributed by atoms with Gasteiger partial charge in [0.05, 0.1) is 12.7 Å². The number of guanidine groups is 1. The number of fused-ring (bicyclic) bond motifs is 1. The summed E-state index contributed by atoms with van der Waals surface area (Å²) >= 11 is 0. The van der Waals surface area contributed by atoms with Gasteiger partial charge in [-0.15, -0.1) is 0 Å². The molecule has 426 valence electrons. The van der Waals surface area contributed by atoms with Gasteiger partial charge in [-0.1, -0.05) is 92.6 Å². The van der Waals surface area contributed by atoms with E-state index in [0.29, 0.717) is 29.7 Å². The number of benzene rings is 3. The summed E-state index contributed by atoms with van der Waals surface area (Å²) in [7, 11) is 0. The Morgan fingerprint density at radius 2 is 1.35 bits per heavy atom. The number of primary amides is 1. The van der Waals surface area contributed by atoms with Crippen molar-refractivity contribution in [2.45, 2.75) is 133 Å². The van der Waals surface area contributed by atoms with Gasteiger partial charge in [0.25, 0.3) is 0 Å². The predicted octanol–water partition coefficient (Wildman–Crippen LogP) is 0.419. The van der Waals surface area contributed by atoms with Gasteiger partial charge in [0.1, 0.15) is 42.3 Å². The van der Waals surface area contributed by atoms with E-state index in [4.69, 9.17) is 17.2 Å². The van der Waals surface area contributed by atoms with Crippen molar-refractivity contribution in [3.05, 3.63) is 114 Å². The van der Waals surface area contributed by atoms with Gasteiger partial charge in [-0.05, 0) is 66.8 Å². The topological polar surface area (TPSA) is 385 Å². The maximum Gasteiger partial charge on any atom is 0.243 e. The van der Waals surface area contributed by atoms with E-state index in [0.717, 1.165) is 22.0 Å². The third kappa shape index (κ3) is 18.3. The number of nitrogens with zero attached hydrogens (tertiary/aromatic N) is 2. The fourth-order valence-corrected chi connectivity index (χ4v) is 9.36. The Morgan fingerprint density at radius 3 is 2.04 bits per heavy atom. The van der Waals surface area contributed by atoms with Gasteiger partial charge in [0.2, 0.25) is 53.2 Å². The minimum Gasteiger partial charge on any atom is -0.370 e. The number of imidazole rings is 1. The Kier molecular flexibility index (Phi) is 22.7. The first-order valence-electron chi connectivity index (χ1n) is 26.9. The molecule has 3 heterocycles. The van der Waals surface area contributed by atoms with Crippen LogP contribution in [0.5, 0.6) is 0 Å². The van der Waals surface area contributed by atoms with E-state index in [1.807, 2.05) is 73.7 Å². The second-order valence-corrected chi connectivity index (χ2v) is 19.7. The highest BCUT2D eigenvalue weighted by Gasteiger charge is 2.36. The third-order valence-corrected chi connectivity index (χ3v) is 13.5. The lowest BCUT2D eigenvalue weighted by atomic mass is 9.94. The average Bonchev–Trinajstić information content (AvgIpc) is 4.14. The predicted molar refractivity (Wildman–Crippen MR) is 299 cm³/mol. The summed E-state index contributed by atoms with van der Waals surface area (Å²) in [5.41, 5.74) is 21.1. The van der Waals surface area contributed by atoms with Crippen LogP contribution in [0, 0.1) is 0 Å². The fraction of sp³-hybridized carbons (Fsp3) is 0.411. The molecule has 24 nitrogen and oxygen atoms in total. The lowest BCUT2D eigenvalue weighted by molar-refractivity contribution is -0.136. The molecule has 2 aromatic heterocycles. The number of para-hydroxylation sites is 1. The van der Waals surface area contributed by atoms with Crippen LogP contribution >= 0.6 is 0 Å². The molecule has 2 unspecified atom stereocenters. The van der Waals surface area contributed by atoms with Crippen LogP contribution in [0.1, 0.15) is 88.5 Å². The van der Waals surface area contributed by atoms with E-state index in [2.05, 4.69) is 62.5 Å². The number of H-pyrrole nitrogens is 2. The molecule has 0 saturated carbocycles. The first-order valence-corrected chi connectivity index (χ1v) is 26.9. The highest BCUT2D eigenvalue weighted by Crippen LogP contribution is 2.25. The van der Waals surface area contributed by atoms with E-state index in [1.54, 1.807) is 18.3 Å². The van der Waals surface area contributed by atoms with Crippen molar-refractivity contribution in [3.8, 4) is 11.1 Å². The van der Waals surface area contributed by atoms with Crippen molar-refractivity contribution in [1.29, 1.82) is 0 Å². The smallest absolute Gasteiger partial charge is 0.243 e. The molecule has 5 aromatic rings. The van der Waals surface area contributed by atoms with E-state index < -0.39 is 102 Å². The summed E-state index contributed by atoms with van der Waals surface area (Å²) in [5, 5.41) is 22.6. The Labute approximate surface area is 463 Å². The second-order valence-electron chi connectivity index (χ2n) is 19.7. The van der Waals surface area contributed by atoms with Crippen molar-refractivity contribution in [3.63, 3.8) is 0 Å². The fourth-order valence-electron chi connectivity index (χ4n) is 9.36. The quantitative estimate of drug-likeness (QED) is 0.0323. The molecule has 9 amide bonds. The molecular weight excluding hydrogens is 1030 g/mol. The van der Waals surface area contributed by atoms with Gasteiger partial charge in [-0.3, -0.25) is 48.1 Å². The summed E-state index contributed by atoms with van der Waals surface area (Å²) in [4.78, 5) is 141. The first kappa shape index (κ1) is 60.1. The van der Waals surface area contributed by atoms with Crippen LogP contribution < -0.4 is 59.7 Å². The first-order chi connectivity index (χ1) is 38.5. The molecule has 1 aliphatic heterocycles. The normalized spacial score (nSPS) is 20.6. The van der Waals surface area contributed by atoms with Gasteiger partial charge in [0, 0.05) is 68.3 Å². The molecule has 0 bridgehead atoms. The molecule has 6 rings (SSSR count). The van der Waals surface area contributed by atoms with Crippen LogP contribution in [-0.2, 0) is 62.4 Å². The van der Waals surface area contributed by atoms with Crippen LogP contribution in [0.25, 0.3) is 22.0 Å². The number of nitrogens with two attached hydrogens (primary N) is 3. The summed E-state index contributed by atoms with van der Waals surface area (Å²) in [6.07, 6.45) is 5.57. The zero-order valence-corrected chi connectivity index (χ0v) is 45.0. The van der Waals surface area contributed by atoms with Crippen molar-refractivity contribution in [2.24, 2.45) is 22.2 Å². The van der Waals surface area contributed by atoms with Crippen LogP contribution in [0.15, 0.2) is 103 Å². The molecule has 1 aliphatic rings. The Balaban J connectivity index is 1.43. The zero-order chi connectivity index (χ0) is 57.6. The zero-order valence-electron chi connectivity index (χ0n) is 45.0. The molecule has 1 fully saturated rings. The van der Waals surface area contributed by atoms with Crippen LogP contribution in [-0.4, -0.2) is 129 Å². The van der Waals surface area contributed by atoms with Gasteiger partial charge >= 0.3 is 0 Å². The molecule has 24 heteroatoms. The molecule has 0 radical (unpaired) electrons. The molecule has 1 saturated heterocycles. The highest BCUT2D eigenvalue weighted by molar-refractivity contribution is 5.99. The number of aromatic nitrogens is 3. The van der Waals surface area contributed by atoms with Gasteiger partial charge in [-0.2, -0.15) is 0 Å². The standard InChI is InChI=1S/C56H73N15O9/c1-3-4-20-42(65-33(2)72)50(75)71-47-29-48(73)61-24-13-12-22-41(49(57)74)66-52(77)45(27-36-30-63-40-21-11-10-19-39(36)40)68-51(76)43(23-14-25-62-56(58)59)67-53(78)44(26-35-17-8-9-18-38(35)34-15-6-5-7-16-34)69-54(79)46(70-55(47)80)28-37-31-60-32-64-37/h5-11,15-19,21,30-32,41-47,63H,3-4,12-14,20,22-29H2,1-2H3,(H2,57,74)(H,60,64)(H,61,73)(H,65,72)(H,66,77)(H,67,78)(H,68,76)(H,69,79)(H,70,80)(H,71,75)(H4,58,59,62)/t41-,42-,43-,44-,45-,46?,47?/m0/s1. The molecule has 80 heavy (non-hydrogen) atoms. The number of amides is 9. The molecule has 16 N–H and O–H groups in total. The summed E-state index contributed by atoms with van der Waals surface area (Å²) < 4.78 is 0. The minimum atomic E-state index is -1.60. The lowest BCUT2D eigenvalue weighted by Gasteiger charge is -2.28. The summed E-state index contributed by atoms with van der Waals surface area (Å²) in [5.74, 6) is -7.17. The molecule has 0 spiro atoms. The molecule has 7 atom stereocenters. The third-order valence-electron chi connectivity index (χ3n) is 13.5. The maximum atomic E-state index is 15.1. The Morgan fingerprint density at radius 1 is 0.713 bits per heavy atom. The molecule has 0 aliphatic carbocycles. The number of hydrogen-bond donors (Lipinski definition) is 13. The number of rotatable bonds is 18. The van der Waals surface area contributed by atoms with E-state index in [9.17, 15) is 38.4 Å². The van der Waals surface area contributed by atoms with Gasteiger partial charge in [0.15, 0.2) is 5.96 Å². The number of aliphatic imine (C=N–C) groups is 1. The number of aromatic amines is 2. The van der Waals surface area contributed by atoms with Crippen molar-refractivity contribution in [1.82, 2.24) is 57.5 Å². The second kappa shape index (κ2) is 30.2. The lowest BCUT2D eigenvalue weighted by Crippen LogP contribution is -2.61. The maximum absolute atomic E-state index is 15.1. The van der Waals surface area contributed by atoms with Crippen LogP contribution in [0.4, 0.5) is 0 Å². The van der Waals surface area contributed by atoms with Crippen molar-refractivity contribution >= 4 is 70.0 Å². The van der Waals surface area contributed by atoms with Crippen LogP contribution in [0.2, 0.25) is 0 Å². The Hall–Kier alpha value is -9.09. The van der Waals surface area contributed by atoms with Gasteiger partial charge < -0.3 is 69.7 Å². The number of carbonyl (C=O) groups is 9. The monoisotopic (exact) mass is 1100 g/mol. The number of nitrogens with one attached hydrogen (secondary N) is 10. The average molecular weight is 1100 g/mol. The summed E-state index contributed by atoms with van der Waals surface area (Å²) in [6.45, 7) is 3.24.